The van der Waals surface area contributed by atoms with Crippen molar-refractivity contribution in [2.75, 3.05) is 20.3 Å². The smallest absolute Gasteiger partial charge is 0.229 e. The molecule has 2 spiro atoms. The summed E-state index contributed by atoms with van der Waals surface area (Å²) in [6.07, 6.45) is -9.05. The monoisotopic (exact) mass is 802 g/mol. The largest absolute Gasteiger partial charge is 0.497 e. The average molecular weight is 803 g/mol. The fraction of sp³-hybridized carbons (Fsp3) is 0.600. The van der Waals surface area contributed by atoms with Gasteiger partial charge in [-0.3, -0.25) is 0 Å². The lowest BCUT2D eigenvalue weighted by molar-refractivity contribution is -0.429. The van der Waals surface area contributed by atoms with Crippen molar-refractivity contribution in [1.82, 2.24) is 0 Å². The lowest BCUT2D eigenvalue weighted by Crippen LogP contribution is -2.70. The minimum atomic E-state index is -3.27. The third-order valence-electron chi connectivity index (χ3n) is 11.4. The van der Waals surface area contributed by atoms with Crippen molar-refractivity contribution in [3.63, 3.8) is 0 Å². The van der Waals surface area contributed by atoms with Gasteiger partial charge in [-0.15, -0.1) is 0 Å². The molecule has 0 amide bonds. The molecule has 9 rings (SSSR count). The number of hydrogen-bond donors (Lipinski definition) is 1. The maximum absolute atomic E-state index is 12.5. The van der Waals surface area contributed by atoms with Crippen molar-refractivity contribution >= 4 is 0 Å². The molecule has 0 aromatic heterocycles. The summed E-state index contributed by atoms with van der Waals surface area (Å²) in [7, 11) is 1.47. The minimum Gasteiger partial charge on any atom is -0.497 e. The first kappa shape index (κ1) is 26.2. The van der Waals surface area contributed by atoms with Crippen molar-refractivity contribution < 1.29 is 76.4 Å². The molecule has 4 heterocycles. The van der Waals surface area contributed by atoms with Crippen LogP contribution >= 0.6 is 0 Å². The molecule has 12 nitrogen and oxygen atoms in total. The van der Waals surface area contributed by atoms with Crippen molar-refractivity contribution in [1.29, 1.82) is 0 Å². The Kier molecular flexibility index (Phi) is 8.08. The van der Waals surface area contributed by atoms with Crippen LogP contribution in [-0.2, 0) is 55.7 Å². The van der Waals surface area contributed by atoms with E-state index in [1.165, 1.54) is 19.2 Å². The summed E-state index contributed by atoms with van der Waals surface area (Å²) in [5, 5.41) is 12.5. The summed E-state index contributed by atoms with van der Waals surface area (Å²) in [5.41, 5.74) is -1.75. The zero-order chi connectivity index (χ0) is 50.9. The molecule has 10 atom stereocenters. The average Bonchev–Trinajstić information content (AvgIpc) is 3.34. The molecule has 0 radical (unpaired) electrons. The molecular weight excluding hydrogens is 732 g/mol. The van der Waals surface area contributed by atoms with E-state index in [1.54, 1.807) is 12.1 Å². The normalized spacial score (nSPS) is 38.6. The van der Waals surface area contributed by atoms with Crippen LogP contribution in [0.25, 0.3) is 0 Å². The van der Waals surface area contributed by atoms with Crippen molar-refractivity contribution in [3.05, 3.63) is 95.8 Å². The summed E-state index contributed by atoms with van der Waals surface area (Å²) in [6.45, 7) is -6.77. The summed E-state index contributed by atoms with van der Waals surface area (Å²) in [5.74, 6) is -1.70. The Labute approximate surface area is 354 Å². The van der Waals surface area contributed by atoms with Crippen LogP contribution in [0.1, 0.15) is 94.5 Å². The van der Waals surface area contributed by atoms with Crippen LogP contribution < -0.4 is 9.47 Å². The zero-order valence-electron chi connectivity index (χ0n) is 45.5. The fourth-order valence-electron chi connectivity index (χ4n) is 8.48. The Morgan fingerprint density at radius 1 is 0.649 bits per heavy atom. The molecule has 0 bridgehead atoms. The number of aliphatic hydroxyl groups is 1. The third kappa shape index (κ3) is 8.77. The van der Waals surface area contributed by atoms with Crippen LogP contribution in [0.15, 0.2) is 84.7 Å². The fourth-order valence-corrected chi connectivity index (χ4v) is 8.48. The van der Waals surface area contributed by atoms with E-state index in [-0.39, 0.29) is 19.0 Å². The van der Waals surface area contributed by atoms with Crippen LogP contribution in [-0.4, -0.2) is 98.4 Å². The molecule has 12 heteroatoms. The molecular formula is C45H56O12. The molecule has 57 heavy (non-hydrogen) atoms. The number of benzene rings is 3. The van der Waals surface area contributed by atoms with Gasteiger partial charge in [-0.1, -0.05) is 73.3 Å². The highest BCUT2D eigenvalue weighted by Crippen LogP contribution is 2.45. The van der Waals surface area contributed by atoms with Crippen molar-refractivity contribution in [2.24, 2.45) is 0 Å². The minimum absolute atomic E-state index is 0.115. The summed E-state index contributed by atoms with van der Waals surface area (Å²) < 4.78 is 192. The van der Waals surface area contributed by atoms with Gasteiger partial charge in [0, 0.05) is 25.7 Å². The van der Waals surface area contributed by atoms with Gasteiger partial charge in [0.2, 0.25) is 6.29 Å². The molecule has 3 aromatic carbocycles. The van der Waals surface area contributed by atoms with Gasteiger partial charge in [0.25, 0.3) is 0 Å². The topological polar surface area (TPSA) is 122 Å². The molecule has 4 aliphatic heterocycles. The van der Waals surface area contributed by atoms with Gasteiger partial charge in [0.15, 0.2) is 17.9 Å². The highest BCUT2D eigenvalue weighted by molar-refractivity contribution is 5.31. The molecule has 308 valence electrons. The Morgan fingerprint density at radius 3 is 1.74 bits per heavy atom. The van der Waals surface area contributed by atoms with Gasteiger partial charge in [-0.2, -0.15) is 0 Å². The van der Waals surface area contributed by atoms with E-state index in [9.17, 15) is 10.6 Å². The first-order valence-electron chi connectivity index (χ1n) is 26.7. The second-order valence-corrected chi connectivity index (χ2v) is 15.1. The van der Waals surface area contributed by atoms with E-state index < -0.39 is 158 Å². The first-order valence-corrected chi connectivity index (χ1v) is 19.7. The quantitative estimate of drug-likeness (QED) is 0.225. The van der Waals surface area contributed by atoms with Gasteiger partial charge in [0.05, 0.1) is 52.6 Å². The van der Waals surface area contributed by atoms with Crippen LogP contribution in [0.2, 0.25) is 0 Å². The number of rotatable bonds is 11. The van der Waals surface area contributed by atoms with E-state index in [2.05, 4.69) is 0 Å². The molecule has 0 unspecified atom stereocenters. The number of ether oxygens (including phenoxy) is 11. The lowest BCUT2D eigenvalue weighted by atomic mass is 9.90. The standard InChI is InChI=1S/C45H56O12/c1-47-32-18-20-33(21-19-32)52-43-41(49-27-31-16-8-3-9-17-31)40(38-35(54-43)29-51-45(57-38)24-12-5-13-25-45)55-42-39(48-26-30-14-6-2-7-15-30)36(46)37-34(53-42)28-50-44(56-37)22-10-4-11-23-44/h2-3,6-9,14-21,34-43,46H,4-5,10-13,22-29H2,1H3/t34-,35-,36+,37-,38-,39-,40+,41-,42-,43-/m1/s1/i2D,3D,6D,7D,8D,9D,14D,15D,16D,17D,26D2,27D2. The summed E-state index contributed by atoms with van der Waals surface area (Å²) >= 11 is 0. The second-order valence-electron chi connectivity index (χ2n) is 15.1. The van der Waals surface area contributed by atoms with Gasteiger partial charge in [-0.25, -0.2) is 0 Å². The maximum Gasteiger partial charge on any atom is 0.229 e. The van der Waals surface area contributed by atoms with Gasteiger partial charge >= 0.3 is 0 Å². The molecule has 6 fully saturated rings. The Bertz CT molecular complexity index is 2380. The molecule has 3 aromatic rings. The third-order valence-corrected chi connectivity index (χ3v) is 11.4. The second kappa shape index (κ2) is 17.6. The number of hydrogen-bond acceptors (Lipinski definition) is 12. The van der Waals surface area contributed by atoms with E-state index in [0.29, 0.717) is 31.4 Å². The van der Waals surface area contributed by atoms with Crippen molar-refractivity contribution in [2.45, 2.75) is 150 Å². The Balaban J connectivity index is 1.17. The molecule has 1 N–H and O–H groups in total. The number of methoxy groups -OCH3 is 1. The highest BCUT2D eigenvalue weighted by atomic mass is 16.8. The first-order chi connectivity index (χ1) is 33.6. The van der Waals surface area contributed by atoms with E-state index in [0.717, 1.165) is 38.5 Å². The van der Waals surface area contributed by atoms with Gasteiger partial charge in [0.1, 0.15) is 60.3 Å². The zero-order valence-corrected chi connectivity index (χ0v) is 31.5. The SMILES string of the molecule is [2H]c1c([2H])c([2H])c(C([2H])([2H])O[C@H]2[C@@H](O[C@@H]3[C@@H](OC([2H])([2H])c4c([2H])c([2H])c([2H])c([2H])c4[2H])[C@H](Oc4ccc(OC)cc4)O[C@@H]4COC5(CCCCC5)O[C@@H]34)O[C@@H]3COC4(CCCCC4)O[C@H]3[C@@H]2O)c([2H])c1[2H]. The van der Waals surface area contributed by atoms with Crippen LogP contribution in [0, 0.1) is 0 Å². The summed E-state index contributed by atoms with van der Waals surface area (Å²) in [6, 6.07) is -2.28. The summed E-state index contributed by atoms with van der Waals surface area (Å²) in [4.78, 5) is 0. The van der Waals surface area contributed by atoms with Crippen LogP contribution in [0.4, 0.5) is 0 Å². The molecule has 4 saturated heterocycles. The number of aliphatic hydroxyl groups excluding tert-OH is 1. The Hall–Kier alpha value is -3.14. The molecule has 2 saturated carbocycles. The van der Waals surface area contributed by atoms with E-state index in [4.69, 9.17) is 65.8 Å². The predicted molar refractivity (Wildman–Crippen MR) is 205 cm³/mol. The van der Waals surface area contributed by atoms with E-state index >= 15 is 0 Å². The van der Waals surface area contributed by atoms with Crippen LogP contribution in [0.3, 0.4) is 0 Å². The molecule has 6 aliphatic rings. The molecule has 2 aliphatic carbocycles. The number of fused-ring (bicyclic) bond motifs is 2. The van der Waals surface area contributed by atoms with Gasteiger partial charge < -0.3 is 57.2 Å². The maximum atomic E-state index is 12.5. The van der Waals surface area contributed by atoms with Crippen molar-refractivity contribution in [3.8, 4) is 11.5 Å². The Morgan fingerprint density at radius 2 is 1.16 bits per heavy atom. The van der Waals surface area contributed by atoms with E-state index in [1.807, 2.05) is 0 Å². The highest BCUT2D eigenvalue weighted by Gasteiger charge is 2.59. The van der Waals surface area contributed by atoms with Crippen LogP contribution in [0.5, 0.6) is 11.5 Å². The lowest BCUT2D eigenvalue weighted by Gasteiger charge is -2.55. The predicted octanol–water partition coefficient (Wildman–Crippen LogP) is 6.59. The van der Waals surface area contributed by atoms with Gasteiger partial charge in [-0.05, 0) is 61.1 Å².